The SMILES string of the molecule is CCOC(=O)NCCN(C(C)=O)c1ccc(C#N)cc1. The van der Waals surface area contributed by atoms with Crippen molar-refractivity contribution in [2.24, 2.45) is 0 Å². The van der Waals surface area contributed by atoms with Gasteiger partial charge >= 0.3 is 6.09 Å². The van der Waals surface area contributed by atoms with E-state index in [0.717, 1.165) is 0 Å². The minimum Gasteiger partial charge on any atom is -0.450 e. The van der Waals surface area contributed by atoms with Gasteiger partial charge in [-0.05, 0) is 31.2 Å². The first-order valence-corrected chi connectivity index (χ1v) is 6.27. The molecule has 0 unspecified atom stereocenters. The summed E-state index contributed by atoms with van der Waals surface area (Å²) < 4.78 is 4.73. The van der Waals surface area contributed by atoms with Gasteiger partial charge in [-0.2, -0.15) is 5.26 Å². The Morgan fingerprint density at radius 2 is 2.00 bits per heavy atom. The zero-order chi connectivity index (χ0) is 15.0. The van der Waals surface area contributed by atoms with Crippen LogP contribution < -0.4 is 10.2 Å². The van der Waals surface area contributed by atoms with Crippen LogP contribution in [0.15, 0.2) is 24.3 Å². The van der Waals surface area contributed by atoms with Crippen LogP contribution in [-0.2, 0) is 9.53 Å². The number of amides is 2. The van der Waals surface area contributed by atoms with Crippen molar-refractivity contribution in [3.63, 3.8) is 0 Å². The Morgan fingerprint density at radius 3 is 2.50 bits per heavy atom. The summed E-state index contributed by atoms with van der Waals surface area (Å²) in [5.74, 6) is -0.139. The minimum atomic E-state index is -0.504. The van der Waals surface area contributed by atoms with Gasteiger partial charge in [-0.1, -0.05) is 0 Å². The van der Waals surface area contributed by atoms with Crippen molar-refractivity contribution in [2.45, 2.75) is 13.8 Å². The molecule has 0 bridgehead atoms. The second-order valence-corrected chi connectivity index (χ2v) is 3.98. The Hall–Kier alpha value is -2.55. The molecular weight excluding hydrogens is 258 g/mol. The van der Waals surface area contributed by atoms with E-state index in [2.05, 4.69) is 5.32 Å². The standard InChI is InChI=1S/C14H17N3O3/c1-3-20-14(19)16-8-9-17(11(2)18)13-6-4-12(10-15)5-7-13/h4-7H,3,8-9H2,1-2H3,(H,16,19). The lowest BCUT2D eigenvalue weighted by molar-refractivity contribution is -0.116. The fourth-order valence-corrected chi connectivity index (χ4v) is 1.64. The zero-order valence-electron chi connectivity index (χ0n) is 11.5. The molecule has 106 valence electrons. The lowest BCUT2D eigenvalue weighted by Crippen LogP contribution is -2.37. The molecule has 1 N–H and O–H groups in total. The van der Waals surface area contributed by atoms with Crippen molar-refractivity contribution in [3.05, 3.63) is 29.8 Å². The van der Waals surface area contributed by atoms with Gasteiger partial charge in [-0.25, -0.2) is 4.79 Å². The summed E-state index contributed by atoms with van der Waals surface area (Å²) in [6.45, 7) is 4.09. The van der Waals surface area contributed by atoms with Crippen LogP contribution in [0.1, 0.15) is 19.4 Å². The Balaban J connectivity index is 2.63. The van der Waals surface area contributed by atoms with Gasteiger partial charge in [0.1, 0.15) is 0 Å². The van der Waals surface area contributed by atoms with E-state index in [1.54, 1.807) is 31.2 Å². The van der Waals surface area contributed by atoms with Crippen molar-refractivity contribution in [2.75, 3.05) is 24.6 Å². The molecule has 0 saturated heterocycles. The van der Waals surface area contributed by atoms with Gasteiger partial charge in [-0.3, -0.25) is 4.79 Å². The molecule has 0 aliphatic carbocycles. The second-order valence-electron chi connectivity index (χ2n) is 3.98. The minimum absolute atomic E-state index is 0.139. The van der Waals surface area contributed by atoms with Crippen molar-refractivity contribution in [1.82, 2.24) is 5.32 Å². The van der Waals surface area contributed by atoms with Crippen LogP contribution in [0.2, 0.25) is 0 Å². The molecule has 0 spiro atoms. The molecule has 0 fully saturated rings. The maximum atomic E-state index is 11.6. The van der Waals surface area contributed by atoms with E-state index in [9.17, 15) is 9.59 Å². The van der Waals surface area contributed by atoms with E-state index < -0.39 is 6.09 Å². The molecule has 6 nitrogen and oxygen atoms in total. The monoisotopic (exact) mass is 275 g/mol. The van der Waals surface area contributed by atoms with Gasteiger partial charge in [0.25, 0.3) is 0 Å². The Labute approximate surface area is 117 Å². The fourth-order valence-electron chi connectivity index (χ4n) is 1.64. The summed E-state index contributed by atoms with van der Waals surface area (Å²) in [5.41, 5.74) is 1.21. The quantitative estimate of drug-likeness (QED) is 0.885. The molecule has 0 aliphatic heterocycles. The summed E-state index contributed by atoms with van der Waals surface area (Å²) >= 11 is 0. The smallest absolute Gasteiger partial charge is 0.407 e. The van der Waals surface area contributed by atoms with Gasteiger partial charge in [0.05, 0.1) is 18.2 Å². The van der Waals surface area contributed by atoms with E-state index in [1.165, 1.54) is 11.8 Å². The highest BCUT2D eigenvalue weighted by Gasteiger charge is 2.11. The van der Waals surface area contributed by atoms with E-state index in [-0.39, 0.29) is 5.91 Å². The number of rotatable bonds is 5. The van der Waals surface area contributed by atoms with Crippen LogP contribution >= 0.6 is 0 Å². The lowest BCUT2D eigenvalue weighted by Gasteiger charge is -2.21. The summed E-state index contributed by atoms with van der Waals surface area (Å²) in [6, 6.07) is 8.70. The molecule has 2 amide bonds. The van der Waals surface area contributed by atoms with Gasteiger partial charge in [0.2, 0.25) is 5.91 Å². The van der Waals surface area contributed by atoms with Crippen molar-refractivity contribution in [3.8, 4) is 6.07 Å². The molecule has 0 aliphatic rings. The third kappa shape index (κ3) is 4.61. The molecule has 20 heavy (non-hydrogen) atoms. The number of hydrogen-bond donors (Lipinski definition) is 1. The molecule has 0 radical (unpaired) electrons. The van der Waals surface area contributed by atoms with E-state index >= 15 is 0 Å². The molecule has 0 heterocycles. The highest BCUT2D eigenvalue weighted by molar-refractivity contribution is 5.91. The molecule has 1 aromatic rings. The van der Waals surface area contributed by atoms with E-state index in [1.807, 2.05) is 6.07 Å². The van der Waals surface area contributed by atoms with Crippen LogP contribution in [0, 0.1) is 11.3 Å². The summed E-state index contributed by atoms with van der Waals surface area (Å²) in [7, 11) is 0. The maximum absolute atomic E-state index is 11.6. The number of anilines is 1. The number of alkyl carbamates (subject to hydrolysis) is 1. The molecule has 0 saturated carbocycles. The third-order valence-corrected chi connectivity index (χ3v) is 2.57. The van der Waals surface area contributed by atoms with Crippen LogP contribution in [0.4, 0.5) is 10.5 Å². The zero-order valence-corrected chi connectivity index (χ0v) is 11.5. The predicted octanol–water partition coefficient (Wildman–Crippen LogP) is 1.66. The van der Waals surface area contributed by atoms with Gasteiger partial charge in [-0.15, -0.1) is 0 Å². The average molecular weight is 275 g/mol. The van der Waals surface area contributed by atoms with Crippen LogP contribution in [0.25, 0.3) is 0 Å². The maximum Gasteiger partial charge on any atom is 0.407 e. The lowest BCUT2D eigenvalue weighted by atomic mass is 10.2. The topological polar surface area (TPSA) is 82.4 Å². The number of hydrogen-bond acceptors (Lipinski definition) is 4. The van der Waals surface area contributed by atoms with E-state index in [0.29, 0.717) is 30.9 Å². The Bertz CT molecular complexity index is 505. The van der Waals surface area contributed by atoms with E-state index in [4.69, 9.17) is 10.00 Å². The molecule has 6 heteroatoms. The van der Waals surface area contributed by atoms with Crippen LogP contribution in [-0.4, -0.2) is 31.7 Å². The Kier molecular flexibility index (Phi) is 6.04. The summed E-state index contributed by atoms with van der Waals surface area (Å²) in [5, 5.41) is 11.3. The number of nitrogens with zero attached hydrogens (tertiary/aromatic N) is 2. The predicted molar refractivity (Wildman–Crippen MR) is 74.2 cm³/mol. The third-order valence-electron chi connectivity index (χ3n) is 2.57. The number of nitrogens with one attached hydrogen (secondary N) is 1. The number of carbonyl (C=O) groups excluding carboxylic acids is 2. The normalized spacial score (nSPS) is 9.45. The van der Waals surface area contributed by atoms with Crippen LogP contribution in [0.3, 0.4) is 0 Å². The number of nitriles is 1. The van der Waals surface area contributed by atoms with Gasteiger partial charge in [0.15, 0.2) is 0 Å². The number of ether oxygens (including phenoxy) is 1. The highest BCUT2D eigenvalue weighted by atomic mass is 16.5. The first-order chi connectivity index (χ1) is 9.58. The van der Waals surface area contributed by atoms with Gasteiger partial charge in [0, 0.05) is 25.7 Å². The molecule has 0 aromatic heterocycles. The van der Waals surface area contributed by atoms with Crippen molar-refractivity contribution < 1.29 is 14.3 Å². The largest absolute Gasteiger partial charge is 0.450 e. The fraction of sp³-hybridized carbons (Fsp3) is 0.357. The molecule has 1 rings (SSSR count). The molecule has 1 aromatic carbocycles. The first kappa shape index (κ1) is 15.5. The highest BCUT2D eigenvalue weighted by Crippen LogP contribution is 2.14. The molecular formula is C14H17N3O3. The van der Waals surface area contributed by atoms with Crippen molar-refractivity contribution >= 4 is 17.7 Å². The molecule has 0 atom stereocenters. The number of benzene rings is 1. The van der Waals surface area contributed by atoms with Gasteiger partial charge < -0.3 is 15.0 Å². The average Bonchev–Trinajstić information content (AvgIpc) is 2.44. The second kappa shape index (κ2) is 7.79. The number of carbonyl (C=O) groups is 2. The first-order valence-electron chi connectivity index (χ1n) is 6.27. The van der Waals surface area contributed by atoms with Crippen LogP contribution in [0.5, 0.6) is 0 Å². The summed E-state index contributed by atoms with van der Waals surface area (Å²) in [6.07, 6.45) is -0.504. The summed E-state index contributed by atoms with van der Waals surface area (Å²) in [4.78, 5) is 24.3. The Morgan fingerprint density at radius 1 is 1.35 bits per heavy atom. The van der Waals surface area contributed by atoms with Crippen molar-refractivity contribution in [1.29, 1.82) is 5.26 Å².